The Hall–Kier alpha value is -1.59. The molecular formula is C13H13ClN2O2S. The van der Waals surface area contributed by atoms with Gasteiger partial charge in [0, 0.05) is 11.9 Å². The number of halogens is 1. The van der Waals surface area contributed by atoms with Gasteiger partial charge in [-0.3, -0.25) is 4.72 Å². The predicted molar refractivity (Wildman–Crippen MR) is 76.0 cm³/mol. The second-order valence-electron chi connectivity index (χ2n) is 4.27. The monoisotopic (exact) mass is 296 g/mol. The summed E-state index contributed by atoms with van der Waals surface area (Å²) in [5.41, 5.74) is 2.47. The largest absolute Gasteiger partial charge is 0.280 e. The molecule has 0 radical (unpaired) electrons. The Morgan fingerprint density at radius 1 is 1.16 bits per heavy atom. The maximum atomic E-state index is 12.2. The predicted octanol–water partition coefficient (Wildman–Crippen LogP) is 3.15. The van der Waals surface area contributed by atoms with Crippen molar-refractivity contribution in [2.45, 2.75) is 18.7 Å². The van der Waals surface area contributed by atoms with E-state index in [0.29, 0.717) is 5.69 Å². The Labute approximate surface area is 117 Å². The number of anilines is 1. The molecule has 0 aliphatic rings. The van der Waals surface area contributed by atoms with Gasteiger partial charge in [-0.05, 0) is 49.2 Å². The summed E-state index contributed by atoms with van der Waals surface area (Å²) in [5, 5.41) is -0.0422. The zero-order valence-corrected chi connectivity index (χ0v) is 12.1. The number of rotatable bonds is 3. The Kier molecular flexibility index (Phi) is 3.78. The number of aromatic nitrogens is 1. The highest BCUT2D eigenvalue weighted by Crippen LogP contribution is 2.22. The molecule has 6 heteroatoms. The molecule has 2 rings (SSSR count). The molecule has 0 unspecified atom stereocenters. The van der Waals surface area contributed by atoms with Crippen molar-refractivity contribution in [3.63, 3.8) is 0 Å². The molecule has 0 aliphatic heterocycles. The average molecular weight is 297 g/mol. The summed E-state index contributed by atoms with van der Waals surface area (Å²) < 4.78 is 26.9. The van der Waals surface area contributed by atoms with E-state index in [1.807, 2.05) is 19.9 Å². The second kappa shape index (κ2) is 5.19. The van der Waals surface area contributed by atoms with Crippen LogP contribution in [0.3, 0.4) is 0 Å². The highest BCUT2D eigenvalue weighted by molar-refractivity contribution is 7.92. The summed E-state index contributed by atoms with van der Waals surface area (Å²) in [7, 11) is -3.72. The molecule has 1 aromatic heterocycles. The highest BCUT2D eigenvalue weighted by Gasteiger charge is 2.18. The molecule has 0 aliphatic carbocycles. The molecule has 0 bridgehead atoms. The van der Waals surface area contributed by atoms with Gasteiger partial charge in [-0.15, -0.1) is 0 Å². The van der Waals surface area contributed by atoms with Crippen molar-refractivity contribution in [1.29, 1.82) is 0 Å². The topological polar surface area (TPSA) is 59.1 Å². The Morgan fingerprint density at radius 2 is 1.79 bits per heavy atom. The van der Waals surface area contributed by atoms with Crippen molar-refractivity contribution in [1.82, 2.24) is 4.98 Å². The summed E-state index contributed by atoms with van der Waals surface area (Å²) in [6, 6.07) is 8.43. The van der Waals surface area contributed by atoms with Crippen LogP contribution in [0.1, 0.15) is 11.1 Å². The van der Waals surface area contributed by atoms with Crippen LogP contribution in [-0.4, -0.2) is 13.4 Å². The molecule has 1 aromatic carbocycles. The minimum Gasteiger partial charge on any atom is -0.280 e. The molecule has 4 nitrogen and oxygen atoms in total. The fourth-order valence-electron chi connectivity index (χ4n) is 1.82. The van der Waals surface area contributed by atoms with Crippen molar-refractivity contribution in [2.75, 3.05) is 4.72 Å². The lowest BCUT2D eigenvalue weighted by Crippen LogP contribution is -2.14. The maximum Gasteiger partial charge on any atom is 0.264 e. The quantitative estimate of drug-likeness (QED) is 0.885. The van der Waals surface area contributed by atoms with E-state index in [0.717, 1.165) is 11.1 Å². The number of aryl methyl sites for hydroxylation is 2. The van der Waals surface area contributed by atoms with Crippen molar-refractivity contribution >= 4 is 27.3 Å². The first kappa shape index (κ1) is 13.8. The SMILES string of the molecule is Cc1cc(C)cc(NS(=O)(=O)c2cccnc2Cl)c1. The number of sulfonamides is 1. The summed E-state index contributed by atoms with van der Waals surface area (Å²) in [6.07, 6.45) is 1.44. The summed E-state index contributed by atoms with van der Waals surface area (Å²) in [4.78, 5) is 3.74. The molecule has 0 saturated carbocycles. The second-order valence-corrected chi connectivity index (χ2v) is 6.28. The van der Waals surface area contributed by atoms with Crippen LogP contribution in [-0.2, 0) is 10.0 Å². The van der Waals surface area contributed by atoms with Gasteiger partial charge in [0.2, 0.25) is 0 Å². The van der Waals surface area contributed by atoms with E-state index < -0.39 is 10.0 Å². The third kappa shape index (κ3) is 3.24. The van der Waals surface area contributed by atoms with Crippen LogP contribution in [0.4, 0.5) is 5.69 Å². The van der Waals surface area contributed by atoms with Gasteiger partial charge in [0.15, 0.2) is 0 Å². The van der Waals surface area contributed by atoms with Crippen LogP contribution in [0.25, 0.3) is 0 Å². The molecule has 0 saturated heterocycles. The van der Waals surface area contributed by atoms with Gasteiger partial charge in [-0.1, -0.05) is 17.7 Å². The molecule has 0 fully saturated rings. The lowest BCUT2D eigenvalue weighted by atomic mass is 10.1. The van der Waals surface area contributed by atoms with E-state index in [2.05, 4.69) is 9.71 Å². The van der Waals surface area contributed by atoms with Crippen LogP contribution in [0.15, 0.2) is 41.4 Å². The van der Waals surface area contributed by atoms with Crippen LogP contribution in [0.5, 0.6) is 0 Å². The fraction of sp³-hybridized carbons (Fsp3) is 0.154. The average Bonchev–Trinajstić information content (AvgIpc) is 2.26. The Balaban J connectivity index is 2.39. The first-order chi connectivity index (χ1) is 8.88. The van der Waals surface area contributed by atoms with E-state index in [9.17, 15) is 8.42 Å². The standard InChI is InChI=1S/C13H13ClN2O2S/c1-9-6-10(2)8-11(7-9)16-19(17,18)12-4-3-5-15-13(12)14/h3-8,16H,1-2H3. The molecule has 0 amide bonds. The van der Waals surface area contributed by atoms with Gasteiger partial charge < -0.3 is 0 Å². The third-order valence-corrected chi connectivity index (χ3v) is 4.31. The number of nitrogens with zero attached hydrogens (tertiary/aromatic N) is 1. The number of hydrogen-bond donors (Lipinski definition) is 1. The van der Waals surface area contributed by atoms with Crippen LogP contribution in [0, 0.1) is 13.8 Å². The number of pyridine rings is 1. The zero-order chi connectivity index (χ0) is 14.0. The van der Waals surface area contributed by atoms with Gasteiger partial charge in [-0.2, -0.15) is 0 Å². The van der Waals surface area contributed by atoms with Crippen LogP contribution >= 0.6 is 11.6 Å². The van der Waals surface area contributed by atoms with Crippen molar-refractivity contribution in [3.8, 4) is 0 Å². The van der Waals surface area contributed by atoms with E-state index in [4.69, 9.17) is 11.6 Å². The molecule has 0 atom stereocenters. The van der Waals surface area contributed by atoms with E-state index >= 15 is 0 Å². The molecule has 19 heavy (non-hydrogen) atoms. The zero-order valence-electron chi connectivity index (χ0n) is 10.5. The van der Waals surface area contributed by atoms with Crippen molar-refractivity contribution in [2.24, 2.45) is 0 Å². The lowest BCUT2D eigenvalue weighted by Gasteiger charge is -2.10. The first-order valence-electron chi connectivity index (χ1n) is 5.60. The van der Waals surface area contributed by atoms with Gasteiger partial charge in [0.25, 0.3) is 10.0 Å². The highest BCUT2D eigenvalue weighted by atomic mass is 35.5. The third-order valence-electron chi connectivity index (χ3n) is 2.49. The summed E-state index contributed by atoms with van der Waals surface area (Å²) >= 11 is 5.81. The molecular weight excluding hydrogens is 284 g/mol. The molecule has 100 valence electrons. The summed E-state index contributed by atoms with van der Waals surface area (Å²) in [6.45, 7) is 3.81. The van der Waals surface area contributed by atoms with E-state index in [-0.39, 0.29) is 10.0 Å². The molecule has 1 N–H and O–H groups in total. The summed E-state index contributed by atoms with van der Waals surface area (Å²) in [5.74, 6) is 0. The fourth-order valence-corrected chi connectivity index (χ4v) is 3.31. The molecule has 2 aromatic rings. The smallest absolute Gasteiger partial charge is 0.264 e. The number of nitrogens with one attached hydrogen (secondary N) is 1. The van der Waals surface area contributed by atoms with Crippen LogP contribution in [0.2, 0.25) is 5.15 Å². The number of hydrogen-bond acceptors (Lipinski definition) is 3. The normalized spacial score (nSPS) is 11.3. The van der Waals surface area contributed by atoms with E-state index in [1.54, 1.807) is 12.1 Å². The van der Waals surface area contributed by atoms with Crippen molar-refractivity contribution in [3.05, 3.63) is 52.8 Å². The van der Waals surface area contributed by atoms with E-state index in [1.165, 1.54) is 18.3 Å². The van der Waals surface area contributed by atoms with Gasteiger partial charge in [0.1, 0.15) is 10.0 Å². The molecule has 0 spiro atoms. The van der Waals surface area contributed by atoms with Gasteiger partial charge in [0.05, 0.1) is 0 Å². The number of benzene rings is 1. The minimum absolute atomic E-state index is 0.0316. The Morgan fingerprint density at radius 3 is 2.37 bits per heavy atom. The van der Waals surface area contributed by atoms with Gasteiger partial charge in [-0.25, -0.2) is 13.4 Å². The first-order valence-corrected chi connectivity index (χ1v) is 7.46. The van der Waals surface area contributed by atoms with Gasteiger partial charge >= 0.3 is 0 Å². The molecule has 1 heterocycles. The maximum absolute atomic E-state index is 12.2. The Bertz CT molecular complexity index is 694. The van der Waals surface area contributed by atoms with Crippen molar-refractivity contribution < 1.29 is 8.42 Å². The van der Waals surface area contributed by atoms with Crippen LogP contribution < -0.4 is 4.72 Å². The minimum atomic E-state index is -3.72. The lowest BCUT2D eigenvalue weighted by molar-refractivity contribution is 0.601.